The summed E-state index contributed by atoms with van der Waals surface area (Å²) in [5.74, 6) is 0.817. The summed E-state index contributed by atoms with van der Waals surface area (Å²) in [6.07, 6.45) is 6.81. The fourth-order valence-electron chi connectivity index (χ4n) is 2.47. The third kappa shape index (κ3) is 1.34. The van der Waals surface area contributed by atoms with E-state index in [-0.39, 0.29) is 0 Å². The zero-order valence-corrected chi connectivity index (χ0v) is 7.10. The summed E-state index contributed by atoms with van der Waals surface area (Å²) in [6.45, 7) is 5.33. The molecule has 1 aliphatic heterocycles. The second-order valence-corrected chi connectivity index (χ2v) is 3.86. The van der Waals surface area contributed by atoms with Crippen molar-refractivity contribution < 1.29 is 0 Å². The smallest absolute Gasteiger partial charge is 0.0133 e. The van der Waals surface area contributed by atoms with E-state index in [0.29, 0.717) is 0 Å². The summed E-state index contributed by atoms with van der Waals surface area (Å²) in [5.41, 5.74) is 1.51. The van der Waals surface area contributed by atoms with Gasteiger partial charge in [-0.3, -0.25) is 0 Å². The molecule has 1 heterocycles. The van der Waals surface area contributed by atoms with Gasteiger partial charge in [0, 0.05) is 6.04 Å². The van der Waals surface area contributed by atoms with Crippen molar-refractivity contribution >= 4 is 0 Å². The average molecular weight is 151 g/mol. The number of hydrogen-bond donors (Lipinski definition) is 1. The molecule has 0 amide bonds. The van der Waals surface area contributed by atoms with E-state index >= 15 is 0 Å². The first-order valence-electron chi connectivity index (χ1n) is 4.79. The molecule has 1 saturated heterocycles. The molecule has 1 heteroatoms. The Hall–Kier alpha value is -0.300. The lowest BCUT2D eigenvalue weighted by Crippen LogP contribution is -2.43. The van der Waals surface area contributed by atoms with E-state index in [1.54, 1.807) is 0 Å². The van der Waals surface area contributed by atoms with Crippen LogP contribution in [0.1, 0.15) is 32.1 Å². The monoisotopic (exact) mass is 151 g/mol. The topological polar surface area (TPSA) is 12.0 Å². The minimum Gasteiger partial charge on any atom is -0.313 e. The average Bonchev–Trinajstić information content (AvgIpc) is 2.06. The van der Waals surface area contributed by atoms with Crippen molar-refractivity contribution in [3.63, 3.8) is 0 Å². The van der Waals surface area contributed by atoms with Crippen LogP contribution >= 0.6 is 0 Å². The summed E-state index contributed by atoms with van der Waals surface area (Å²) in [4.78, 5) is 0. The molecule has 1 N–H and O–H groups in total. The quantitative estimate of drug-likeness (QED) is 0.523. The predicted molar refractivity (Wildman–Crippen MR) is 47.5 cm³/mol. The Kier molecular flexibility index (Phi) is 1.99. The van der Waals surface area contributed by atoms with Crippen molar-refractivity contribution in [2.45, 2.75) is 38.1 Å². The van der Waals surface area contributed by atoms with E-state index in [9.17, 15) is 0 Å². The number of piperidine rings is 1. The Morgan fingerprint density at radius 2 is 2.09 bits per heavy atom. The molecular weight excluding hydrogens is 134 g/mol. The SMILES string of the molecule is C=C1CCNC2CCCCC12. The van der Waals surface area contributed by atoms with Gasteiger partial charge in [0.1, 0.15) is 0 Å². The van der Waals surface area contributed by atoms with Crippen molar-refractivity contribution in [2.75, 3.05) is 6.54 Å². The van der Waals surface area contributed by atoms with E-state index in [4.69, 9.17) is 0 Å². The molecule has 1 aliphatic carbocycles. The second-order valence-electron chi connectivity index (χ2n) is 3.86. The molecule has 2 aliphatic rings. The van der Waals surface area contributed by atoms with E-state index in [1.165, 1.54) is 44.2 Å². The molecule has 0 aromatic rings. The first kappa shape index (κ1) is 7.35. The lowest BCUT2D eigenvalue weighted by atomic mass is 9.77. The van der Waals surface area contributed by atoms with Gasteiger partial charge in [0.15, 0.2) is 0 Å². The molecule has 2 atom stereocenters. The van der Waals surface area contributed by atoms with Crippen LogP contribution in [0.4, 0.5) is 0 Å². The minimum absolute atomic E-state index is 0.782. The van der Waals surface area contributed by atoms with E-state index in [2.05, 4.69) is 11.9 Å². The Balaban J connectivity index is 2.05. The van der Waals surface area contributed by atoms with Crippen LogP contribution in [-0.4, -0.2) is 12.6 Å². The summed E-state index contributed by atoms with van der Waals surface area (Å²) in [5, 5.41) is 3.59. The van der Waals surface area contributed by atoms with Crippen molar-refractivity contribution in [3.8, 4) is 0 Å². The maximum absolute atomic E-state index is 4.16. The lowest BCUT2D eigenvalue weighted by Gasteiger charge is -2.37. The molecule has 0 spiro atoms. The van der Waals surface area contributed by atoms with Crippen molar-refractivity contribution in [1.29, 1.82) is 0 Å². The molecule has 62 valence electrons. The standard InChI is InChI=1S/C10H17N/c1-8-6-7-11-10-5-3-2-4-9(8)10/h9-11H,1-7H2. The Bertz CT molecular complexity index is 160. The highest BCUT2D eigenvalue weighted by Crippen LogP contribution is 2.33. The molecule has 0 aromatic heterocycles. The first-order valence-corrected chi connectivity index (χ1v) is 4.79. The number of fused-ring (bicyclic) bond motifs is 1. The van der Waals surface area contributed by atoms with Crippen LogP contribution in [0.5, 0.6) is 0 Å². The lowest BCUT2D eigenvalue weighted by molar-refractivity contribution is 0.266. The molecule has 0 bridgehead atoms. The molecule has 1 saturated carbocycles. The Morgan fingerprint density at radius 3 is 2.91 bits per heavy atom. The van der Waals surface area contributed by atoms with Crippen LogP contribution in [0.3, 0.4) is 0 Å². The van der Waals surface area contributed by atoms with Crippen LogP contribution in [0.2, 0.25) is 0 Å². The summed E-state index contributed by atoms with van der Waals surface area (Å²) in [7, 11) is 0. The van der Waals surface area contributed by atoms with Crippen molar-refractivity contribution in [1.82, 2.24) is 5.32 Å². The van der Waals surface area contributed by atoms with Gasteiger partial charge in [-0.25, -0.2) is 0 Å². The van der Waals surface area contributed by atoms with Crippen LogP contribution in [-0.2, 0) is 0 Å². The van der Waals surface area contributed by atoms with Gasteiger partial charge in [-0.2, -0.15) is 0 Å². The normalized spacial score (nSPS) is 38.4. The molecule has 2 rings (SSSR count). The third-order valence-electron chi connectivity index (χ3n) is 3.14. The molecule has 11 heavy (non-hydrogen) atoms. The van der Waals surface area contributed by atoms with Gasteiger partial charge in [0.2, 0.25) is 0 Å². The van der Waals surface area contributed by atoms with Crippen molar-refractivity contribution in [2.24, 2.45) is 5.92 Å². The van der Waals surface area contributed by atoms with Crippen molar-refractivity contribution in [3.05, 3.63) is 12.2 Å². The van der Waals surface area contributed by atoms with Gasteiger partial charge >= 0.3 is 0 Å². The maximum atomic E-state index is 4.16. The Labute approximate surface area is 68.9 Å². The van der Waals surface area contributed by atoms with Gasteiger partial charge in [-0.15, -0.1) is 0 Å². The van der Waals surface area contributed by atoms with Gasteiger partial charge in [0.25, 0.3) is 0 Å². The minimum atomic E-state index is 0.782. The van der Waals surface area contributed by atoms with Gasteiger partial charge in [-0.05, 0) is 31.7 Å². The van der Waals surface area contributed by atoms with E-state index in [1.807, 2.05) is 0 Å². The van der Waals surface area contributed by atoms with Crippen LogP contribution in [0, 0.1) is 5.92 Å². The predicted octanol–water partition coefficient (Wildman–Crippen LogP) is 2.09. The Morgan fingerprint density at radius 1 is 1.27 bits per heavy atom. The van der Waals surface area contributed by atoms with Crippen LogP contribution in [0.25, 0.3) is 0 Å². The molecule has 2 fully saturated rings. The molecule has 2 unspecified atom stereocenters. The number of nitrogens with one attached hydrogen (secondary N) is 1. The summed E-state index contributed by atoms with van der Waals surface area (Å²) in [6, 6.07) is 0.782. The summed E-state index contributed by atoms with van der Waals surface area (Å²) >= 11 is 0. The molecule has 1 nitrogen and oxygen atoms in total. The fourth-order valence-corrected chi connectivity index (χ4v) is 2.47. The molecule has 0 radical (unpaired) electrons. The van der Waals surface area contributed by atoms with Crippen LogP contribution < -0.4 is 5.32 Å². The number of hydrogen-bond acceptors (Lipinski definition) is 1. The highest BCUT2D eigenvalue weighted by molar-refractivity contribution is 5.09. The third-order valence-corrected chi connectivity index (χ3v) is 3.14. The number of rotatable bonds is 0. The van der Waals surface area contributed by atoms with E-state index in [0.717, 1.165) is 12.0 Å². The zero-order valence-electron chi connectivity index (χ0n) is 7.10. The first-order chi connectivity index (χ1) is 5.38. The fraction of sp³-hybridized carbons (Fsp3) is 0.800. The van der Waals surface area contributed by atoms with Gasteiger partial charge in [-0.1, -0.05) is 25.0 Å². The molecular formula is C10H17N. The van der Waals surface area contributed by atoms with Crippen LogP contribution in [0.15, 0.2) is 12.2 Å². The zero-order chi connectivity index (χ0) is 7.68. The summed E-state index contributed by atoms with van der Waals surface area (Å²) < 4.78 is 0. The largest absolute Gasteiger partial charge is 0.313 e. The molecule has 0 aromatic carbocycles. The second kappa shape index (κ2) is 2.98. The maximum Gasteiger partial charge on any atom is 0.0133 e. The van der Waals surface area contributed by atoms with Gasteiger partial charge < -0.3 is 5.32 Å². The highest BCUT2D eigenvalue weighted by Gasteiger charge is 2.29. The van der Waals surface area contributed by atoms with E-state index < -0.39 is 0 Å². The highest BCUT2D eigenvalue weighted by atomic mass is 14.9. The van der Waals surface area contributed by atoms with Gasteiger partial charge in [0.05, 0.1) is 0 Å².